The highest BCUT2D eigenvalue weighted by molar-refractivity contribution is 6.30. The summed E-state index contributed by atoms with van der Waals surface area (Å²) >= 11 is 5.71. The maximum Gasteiger partial charge on any atom is 0.0624 e. The summed E-state index contributed by atoms with van der Waals surface area (Å²) in [5.74, 6) is 0. The number of aliphatic hydroxyl groups is 1. The number of benzene rings is 1. The summed E-state index contributed by atoms with van der Waals surface area (Å²) in [5.41, 5.74) is 6.42. The Labute approximate surface area is 82.8 Å². The van der Waals surface area contributed by atoms with E-state index in [1.165, 1.54) is 0 Å². The molecule has 4 heteroatoms. The molecule has 0 spiro atoms. The van der Waals surface area contributed by atoms with Crippen LogP contribution in [-0.4, -0.2) is 11.7 Å². The first-order valence-corrected chi connectivity index (χ1v) is 3.73. The first-order valence-electron chi connectivity index (χ1n) is 3.36. The monoisotopic (exact) mass is 207 g/mol. The second-order valence-corrected chi connectivity index (χ2v) is 2.78. The minimum absolute atomic E-state index is 0. The quantitative estimate of drug-likeness (QED) is 0.777. The van der Waals surface area contributed by atoms with Gasteiger partial charge in [0.05, 0.1) is 12.6 Å². The third-order valence-corrected chi connectivity index (χ3v) is 1.71. The van der Waals surface area contributed by atoms with Gasteiger partial charge in [0.1, 0.15) is 0 Å². The lowest BCUT2D eigenvalue weighted by molar-refractivity contribution is 0.268. The molecule has 0 aliphatic rings. The molecule has 1 aromatic carbocycles. The molecule has 0 saturated heterocycles. The van der Waals surface area contributed by atoms with Crippen molar-refractivity contribution in [3.63, 3.8) is 0 Å². The van der Waals surface area contributed by atoms with Crippen molar-refractivity contribution >= 4 is 24.0 Å². The van der Waals surface area contributed by atoms with Gasteiger partial charge in [-0.15, -0.1) is 12.4 Å². The van der Waals surface area contributed by atoms with E-state index in [2.05, 4.69) is 0 Å². The Morgan fingerprint density at radius 3 is 2.67 bits per heavy atom. The van der Waals surface area contributed by atoms with Crippen molar-refractivity contribution < 1.29 is 5.11 Å². The first-order chi connectivity index (χ1) is 5.24. The van der Waals surface area contributed by atoms with E-state index in [9.17, 15) is 0 Å². The van der Waals surface area contributed by atoms with Gasteiger partial charge in [0, 0.05) is 5.02 Å². The summed E-state index contributed by atoms with van der Waals surface area (Å²) in [6.45, 7) is -0.0552. The van der Waals surface area contributed by atoms with Crippen LogP contribution in [0.1, 0.15) is 11.6 Å². The van der Waals surface area contributed by atoms with Crippen molar-refractivity contribution in [3.05, 3.63) is 34.9 Å². The van der Waals surface area contributed by atoms with Crippen molar-refractivity contribution in [1.82, 2.24) is 0 Å². The van der Waals surface area contributed by atoms with Crippen LogP contribution in [-0.2, 0) is 0 Å². The van der Waals surface area contributed by atoms with Gasteiger partial charge in [0.25, 0.3) is 0 Å². The third-order valence-electron chi connectivity index (χ3n) is 1.47. The fraction of sp³-hybridized carbons (Fsp3) is 0.250. The van der Waals surface area contributed by atoms with E-state index in [4.69, 9.17) is 22.4 Å². The summed E-state index contributed by atoms with van der Waals surface area (Å²) in [5, 5.41) is 9.36. The van der Waals surface area contributed by atoms with Gasteiger partial charge < -0.3 is 10.8 Å². The smallest absolute Gasteiger partial charge is 0.0624 e. The number of halogens is 2. The van der Waals surface area contributed by atoms with Gasteiger partial charge in [0.15, 0.2) is 0 Å². The van der Waals surface area contributed by atoms with Gasteiger partial charge in [-0.1, -0.05) is 23.7 Å². The van der Waals surface area contributed by atoms with E-state index in [0.717, 1.165) is 5.56 Å². The highest BCUT2D eigenvalue weighted by atomic mass is 35.5. The minimum Gasteiger partial charge on any atom is -0.394 e. The van der Waals surface area contributed by atoms with Crippen LogP contribution in [0, 0.1) is 0 Å². The number of nitrogens with two attached hydrogens (primary N) is 1. The molecule has 1 atom stereocenters. The lowest BCUT2D eigenvalue weighted by Gasteiger charge is -2.07. The van der Waals surface area contributed by atoms with Crippen LogP contribution >= 0.6 is 24.0 Å². The molecule has 68 valence electrons. The van der Waals surface area contributed by atoms with Gasteiger partial charge in [-0.2, -0.15) is 0 Å². The van der Waals surface area contributed by atoms with Crippen molar-refractivity contribution in [3.8, 4) is 0 Å². The Morgan fingerprint density at radius 1 is 1.50 bits per heavy atom. The maximum atomic E-state index is 8.71. The predicted molar refractivity (Wildman–Crippen MR) is 52.7 cm³/mol. The molecule has 0 radical (unpaired) electrons. The number of hydrogen-bond donors (Lipinski definition) is 2. The van der Waals surface area contributed by atoms with E-state index in [-0.39, 0.29) is 25.1 Å². The van der Waals surface area contributed by atoms with E-state index in [1.807, 2.05) is 12.1 Å². The van der Waals surface area contributed by atoms with Crippen LogP contribution in [0.15, 0.2) is 24.3 Å². The van der Waals surface area contributed by atoms with Crippen LogP contribution in [0.3, 0.4) is 0 Å². The van der Waals surface area contributed by atoms with Gasteiger partial charge >= 0.3 is 0 Å². The zero-order chi connectivity index (χ0) is 8.27. The Balaban J connectivity index is 0.00000121. The van der Waals surface area contributed by atoms with Crippen molar-refractivity contribution in [2.24, 2.45) is 5.73 Å². The van der Waals surface area contributed by atoms with Crippen LogP contribution in [0.25, 0.3) is 0 Å². The van der Waals surface area contributed by atoms with Crippen LogP contribution in [0.2, 0.25) is 5.02 Å². The number of aliphatic hydroxyl groups excluding tert-OH is 1. The predicted octanol–water partition coefficient (Wildman–Crippen LogP) is 1.75. The molecule has 0 aromatic heterocycles. The van der Waals surface area contributed by atoms with E-state index < -0.39 is 0 Å². The molecule has 0 fully saturated rings. The second kappa shape index (κ2) is 5.38. The van der Waals surface area contributed by atoms with Crippen molar-refractivity contribution in [1.29, 1.82) is 0 Å². The summed E-state index contributed by atoms with van der Waals surface area (Å²) in [6, 6.07) is 6.85. The van der Waals surface area contributed by atoms with E-state index in [0.29, 0.717) is 5.02 Å². The molecule has 0 aliphatic heterocycles. The molecule has 0 heterocycles. The molecule has 12 heavy (non-hydrogen) atoms. The van der Waals surface area contributed by atoms with Crippen LogP contribution in [0.5, 0.6) is 0 Å². The van der Waals surface area contributed by atoms with Crippen molar-refractivity contribution in [2.75, 3.05) is 6.61 Å². The molecular formula is C8H11Cl2NO. The van der Waals surface area contributed by atoms with Gasteiger partial charge in [0.2, 0.25) is 0 Å². The first kappa shape index (κ1) is 11.7. The Morgan fingerprint density at radius 2 is 2.17 bits per heavy atom. The zero-order valence-corrected chi connectivity index (χ0v) is 7.98. The second-order valence-electron chi connectivity index (χ2n) is 2.34. The molecule has 0 amide bonds. The summed E-state index contributed by atoms with van der Waals surface area (Å²) in [6.07, 6.45) is 0. The molecule has 2 nitrogen and oxygen atoms in total. The molecule has 0 saturated carbocycles. The lowest BCUT2D eigenvalue weighted by Crippen LogP contribution is -2.14. The van der Waals surface area contributed by atoms with E-state index >= 15 is 0 Å². The molecule has 1 aromatic rings. The van der Waals surface area contributed by atoms with Gasteiger partial charge in [-0.25, -0.2) is 0 Å². The van der Waals surface area contributed by atoms with Crippen LogP contribution in [0.4, 0.5) is 0 Å². The zero-order valence-electron chi connectivity index (χ0n) is 6.40. The molecule has 0 aliphatic carbocycles. The number of rotatable bonds is 2. The summed E-state index contributed by atoms with van der Waals surface area (Å²) in [4.78, 5) is 0. The Bertz CT molecular complexity index is 242. The maximum absolute atomic E-state index is 8.71. The fourth-order valence-electron chi connectivity index (χ4n) is 0.843. The summed E-state index contributed by atoms with van der Waals surface area (Å²) < 4.78 is 0. The highest BCUT2D eigenvalue weighted by Crippen LogP contribution is 2.15. The summed E-state index contributed by atoms with van der Waals surface area (Å²) in [7, 11) is 0. The molecule has 0 bridgehead atoms. The standard InChI is InChI=1S/C8H10ClNO.ClH/c9-7-3-1-2-6(4-7)8(10)5-11;/h1-4,8,11H,5,10H2;1H. The average Bonchev–Trinajstić information content (AvgIpc) is 2.03. The van der Waals surface area contributed by atoms with Crippen molar-refractivity contribution in [2.45, 2.75) is 6.04 Å². The minimum atomic E-state index is -0.325. The third kappa shape index (κ3) is 2.99. The largest absolute Gasteiger partial charge is 0.394 e. The fourth-order valence-corrected chi connectivity index (χ4v) is 1.04. The Hall–Kier alpha value is -0.280. The lowest BCUT2D eigenvalue weighted by atomic mass is 10.1. The van der Waals surface area contributed by atoms with Gasteiger partial charge in [-0.05, 0) is 17.7 Å². The average molecular weight is 208 g/mol. The topological polar surface area (TPSA) is 46.2 Å². The van der Waals surface area contributed by atoms with Gasteiger partial charge in [-0.3, -0.25) is 0 Å². The molecule has 3 N–H and O–H groups in total. The van der Waals surface area contributed by atoms with E-state index in [1.54, 1.807) is 12.1 Å². The molecular weight excluding hydrogens is 197 g/mol. The molecule has 1 rings (SSSR count). The number of hydrogen-bond acceptors (Lipinski definition) is 2. The highest BCUT2D eigenvalue weighted by Gasteiger charge is 2.02. The SMILES string of the molecule is Cl.NC(CO)c1cccc(Cl)c1. The normalized spacial score (nSPS) is 11.9. The Kier molecular flexibility index (Phi) is 5.25. The molecule has 1 unspecified atom stereocenters. The van der Waals surface area contributed by atoms with Crippen LogP contribution < -0.4 is 5.73 Å².